The first-order chi connectivity index (χ1) is 17.8. The third-order valence-electron chi connectivity index (χ3n) is 5.72. The van der Waals surface area contributed by atoms with Crippen molar-refractivity contribution in [3.63, 3.8) is 0 Å². The van der Waals surface area contributed by atoms with E-state index in [0.717, 1.165) is 25.7 Å². The van der Waals surface area contributed by atoms with Crippen molar-refractivity contribution in [1.82, 2.24) is 10.6 Å². The van der Waals surface area contributed by atoms with Crippen LogP contribution in [0.4, 0.5) is 4.79 Å². The van der Waals surface area contributed by atoms with E-state index in [9.17, 15) is 14.4 Å². The number of rotatable bonds is 23. The zero-order valence-electron chi connectivity index (χ0n) is 24.4. The molecule has 0 unspecified atom stereocenters. The first-order valence-electron chi connectivity index (χ1n) is 14.1. The van der Waals surface area contributed by atoms with Crippen molar-refractivity contribution in [2.24, 2.45) is 0 Å². The minimum Gasteiger partial charge on any atom is -0.693 e. The van der Waals surface area contributed by atoms with Crippen LogP contribution in [0.25, 0.3) is 12.3 Å². The molecule has 0 rings (SSSR count). The molecule has 0 fully saturated rings. The monoisotopic (exact) mass is 783 g/mol. The van der Waals surface area contributed by atoms with Gasteiger partial charge in [-0.3, -0.25) is 9.59 Å². The molecule has 8 N–H and O–H groups in total. The van der Waals surface area contributed by atoms with Crippen LogP contribution in [0.1, 0.15) is 142 Å². The Morgan fingerprint density at radius 3 is 1.21 bits per heavy atom. The van der Waals surface area contributed by atoms with Crippen molar-refractivity contribution in [2.75, 3.05) is 13.1 Å². The summed E-state index contributed by atoms with van der Waals surface area (Å²) in [5.74, 6) is -1.09. The standard InChI is InChI=1S/C17H35NO2.C10H19NO3.2ClH.2H2N.Pt/c1-2-3-4-5-6-7-8-9-10-11-12-13-14-15-16-18-17(19)20;1-2-3-4-5-8-11-9(12)6-7-10(13)14;;;;;/h18H,2-16H2,1H3,(H,19,20);2-8H2,1H3,(H,11,12)(H,13,14);2*1H;2*1H2;/q;;;;2*-1;+4/p-2. The number of carbonyl (C=O) groups is 3. The Kier molecular flexibility index (Phi) is 54.8. The molecule has 12 heteroatoms. The summed E-state index contributed by atoms with van der Waals surface area (Å²) in [7, 11) is 9.75. The maximum absolute atomic E-state index is 11.0. The summed E-state index contributed by atoms with van der Waals surface area (Å²) < 4.78 is 0. The number of carbonyl (C=O) groups excluding carboxylic acids is 1. The third-order valence-corrected chi connectivity index (χ3v) is 5.72. The van der Waals surface area contributed by atoms with Crippen LogP contribution in [0.2, 0.25) is 0 Å². The maximum atomic E-state index is 11.0. The molecule has 9 nitrogen and oxygen atoms in total. The molecule has 0 atom stereocenters. The van der Waals surface area contributed by atoms with Crippen molar-refractivity contribution in [1.29, 1.82) is 0 Å². The van der Waals surface area contributed by atoms with Gasteiger partial charge < -0.3 is 33.1 Å². The van der Waals surface area contributed by atoms with E-state index in [1.54, 1.807) is 0 Å². The van der Waals surface area contributed by atoms with Crippen LogP contribution in [0, 0.1) is 0 Å². The molecule has 0 saturated heterocycles. The van der Waals surface area contributed by atoms with E-state index in [4.69, 9.17) is 29.0 Å². The fraction of sp³-hybridized carbons (Fsp3) is 0.889. The number of carboxylic acid groups (broad SMARTS) is 2. The minimum absolute atomic E-state index is 0. The second-order valence-corrected chi connectivity index (χ2v) is 12.5. The third kappa shape index (κ3) is 58.1. The van der Waals surface area contributed by atoms with Crippen molar-refractivity contribution in [2.45, 2.75) is 142 Å². The van der Waals surface area contributed by atoms with E-state index in [-0.39, 0.29) is 31.0 Å². The van der Waals surface area contributed by atoms with Crippen LogP contribution in [-0.4, -0.2) is 41.3 Å². The van der Waals surface area contributed by atoms with Gasteiger partial charge in [0.25, 0.3) is 0 Å². The van der Waals surface area contributed by atoms with E-state index in [1.165, 1.54) is 89.9 Å². The summed E-state index contributed by atoms with van der Waals surface area (Å²) in [6, 6.07) is 0. The van der Waals surface area contributed by atoms with Crippen LogP contribution in [0.5, 0.6) is 0 Å². The first-order valence-corrected chi connectivity index (χ1v) is 19.8. The number of halogens is 2. The summed E-state index contributed by atoms with van der Waals surface area (Å²) in [6.07, 6.45) is 22.2. The Morgan fingerprint density at radius 2 is 0.872 bits per heavy atom. The van der Waals surface area contributed by atoms with Gasteiger partial charge in [0.15, 0.2) is 0 Å². The zero-order chi connectivity index (χ0) is 28.4. The molecule has 39 heavy (non-hydrogen) atoms. The van der Waals surface area contributed by atoms with Gasteiger partial charge in [-0.1, -0.05) is 117 Å². The molecular weight excluding hydrogens is 726 g/mol. The average Bonchev–Trinajstić information content (AvgIpc) is 2.85. The van der Waals surface area contributed by atoms with Crippen LogP contribution < -0.4 is 10.6 Å². The van der Waals surface area contributed by atoms with Crippen LogP contribution >= 0.6 is 18.8 Å². The Balaban J connectivity index is -0.000000179. The van der Waals surface area contributed by atoms with Gasteiger partial charge >= 0.3 is 47.4 Å². The number of hydrogen-bond donors (Lipinski definition) is 4. The summed E-state index contributed by atoms with van der Waals surface area (Å²) in [5, 5.41) is 21.8. The molecule has 0 bridgehead atoms. The largest absolute Gasteiger partial charge is 0.693 e. The smallest absolute Gasteiger partial charge is 0.693 e. The van der Waals surface area contributed by atoms with Gasteiger partial charge in [0.1, 0.15) is 0 Å². The number of nitrogens with two attached hydrogens (primary N) is 2. The molecule has 0 aromatic heterocycles. The van der Waals surface area contributed by atoms with E-state index >= 15 is 0 Å². The van der Waals surface area contributed by atoms with Crippen molar-refractivity contribution in [3.05, 3.63) is 12.3 Å². The number of aliphatic carboxylic acids is 1. The number of unbranched alkanes of at least 4 members (excludes halogenated alkanes) is 16. The van der Waals surface area contributed by atoms with E-state index in [1.807, 2.05) is 0 Å². The molecule has 0 saturated carbocycles. The molecule has 0 radical (unpaired) electrons. The molecule has 0 aromatic rings. The number of nitrogens with one attached hydrogen (secondary N) is 2. The summed E-state index contributed by atoms with van der Waals surface area (Å²) in [5.41, 5.74) is 0. The normalized spacial score (nSPS) is 9.54. The van der Waals surface area contributed by atoms with Crippen LogP contribution in [-0.2, 0) is 26.1 Å². The fourth-order valence-electron chi connectivity index (χ4n) is 3.60. The summed E-state index contributed by atoms with van der Waals surface area (Å²) >= 11 is -0.472. The van der Waals surface area contributed by atoms with E-state index < -0.39 is 28.5 Å². The predicted molar refractivity (Wildman–Crippen MR) is 163 cm³/mol. The Hall–Kier alpha value is -0.602. The van der Waals surface area contributed by atoms with Gasteiger partial charge in [-0.2, -0.15) is 0 Å². The molecule has 0 heterocycles. The molecule has 2 amide bonds. The quantitative estimate of drug-likeness (QED) is 0.0751. The van der Waals surface area contributed by atoms with Crippen LogP contribution in [0.15, 0.2) is 0 Å². The molecule has 0 aliphatic heterocycles. The Labute approximate surface area is 255 Å². The molecule has 240 valence electrons. The van der Waals surface area contributed by atoms with Gasteiger partial charge in [-0.15, -0.1) is 0 Å². The fourth-order valence-corrected chi connectivity index (χ4v) is 3.60. The summed E-state index contributed by atoms with van der Waals surface area (Å²) in [4.78, 5) is 31.4. The van der Waals surface area contributed by atoms with Crippen molar-refractivity contribution < 1.29 is 41.1 Å². The second-order valence-electron chi connectivity index (χ2n) is 9.18. The molecular formula is C27H58Cl2N4O5Pt. The van der Waals surface area contributed by atoms with Gasteiger partial charge in [0.05, 0.1) is 6.42 Å². The van der Waals surface area contributed by atoms with E-state index in [2.05, 4.69) is 24.5 Å². The minimum atomic E-state index is -0.925. The second kappa shape index (κ2) is 44.4. The number of hydrogen-bond acceptors (Lipinski definition) is 3. The van der Waals surface area contributed by atoms with Crippen LogP contribution in [0.3, 0.4) is 0 Å². The van der Waals surface area contributed by atoms with Crippen molar-refractivity contribution in [3.8, 4) is 0 Å². The van der Waals surface area contributed by atoms with E-state index in [0.29, 0.717) is 13.1 Å². The predicted octanol–water partition coefficient (Wildman–Crippen LogP) is 10.1. The number of carboxylic acids is 1. The van der Waals surface area contributed by atoms with Crippen molar-refractivity contribution >= 4 is 36.8 Å². The van der Waals surface area contributed by atoms with Gasteiger partial charge in [-0.25, -0.2) is 4.79 Å². The first kappa shape index (κ1) is 48.1. The zero-order valence-corrected chi connectivity index (χ0v) is 28.2. The Morgan fingerprint density at radius 1 is 0.564 bits per heavy atom. The SMILES string of the molecule is CCCCCCCCCCCCCCCCNC(=O)O.CCCCCCNC(=O)CCC(=O)O.[Cl][Pt+2][Cl].[NH2-].[NH2-]. The molecule has 0 aromatic carbocycles. The van der Waals surface area contributed by atoms with Gasteiger partial charge in [0.2, 0.25) is 5.91 Å². The molecule has 0 spiro atoms. The maximum Gasteiger partial charge on any atom is -0.693 e. The van der Waals surface area contributed by atoms with Gasteiger partial charge in [-0.05, 0) is 12.8 Å². The topological polar surface area (TPSA) is 183 Å². The molecule has 0 aliphatic rings. The Bertz CT molecular complexity index is 511. The summed E-state index contributed by atoms with van der Waals surface area (Å²) in [6.45, 7) is 5.67. The molecule has 0 aliphatic carbocycles. The average molecular weight is 785 g/mol. The number of amides is 2. The van der Waals surface area contributed by atoms with Gasteiger partial charge in [0, 0.05) is 19.5 Å².